The van der Waals surface area contributed by atoms with E-state index in [2.05, 4.69) is 20.6 Å². The Morgan fingerprint density at radius 1 is 1.21 bits per heavy atom. The summed E-state index contributed by atoms with van der Waals surface area (Å²) in [6, 6.07) is 1.94. The van der Waals surface area contributed by atoms with Gasteiger partial charge in [-0.1, -0.05) is 11.8 Å². The summed E-state index contributed by atoms with van der Waals surface area (Å²) in [5.74, 6) is -2.01. The molecular formula is C26H27F2N5O4S. The zero-order valence-corrected chi connectivity index (χ0v) is 21.5. The van der Waals surface area contributed by atoms with Crippen LogP contribution in [0.5, 0.6) is 0 Å². The van der Waals surface area contributed by atoms with Gasteiger partial charge in [0.2, 0.25) is 5.91 Å². The molecule has 0 unspecified atom stereocenters. The number of benzene rings is 1. The number of aryl methyl sites for hydroxylation is 2. The Morgan fingerprint density at radius 2 is 1.97 bits per heavy atom. The molecule has 0 saturated heterocycles. The number of carboxylic acids is 1. The first kappa shape index (κ1) is 26.2. The Hall–Kier alpha value is -3.38. The van der Waals surface area contributed by atoms with Crippen molar-refractivity contribution in [2.75, 3.05) is 11.1 Å². The van der Waals surface area contributed by atoms with Crippen LogP contribution in [0.3, 0.4) is 0 Å². The molecule has 3 heterocycles. The van der Waals surface area contributed by atoms with Gasteiger partial charge in [0.05, 0.1) is 28.5 Å². The number of aromatic nitrogens is 3. The van der Waals surface area contributed by atoms with Crippen molar-refractivity contribution in [1.82, 2.24) is 19.9 Å². The normalized spacial score (nSPS) is 19.3. The first-order valence-corrected chi connectivity index (χ1v) is 13.5. The minimum absolute atomic E-state index is 0.0841. The first-order chi connectivity index (χ1) is 18.2. The molecule has 5 rings (SSSR count). The fourth-order valence-electron chi connectivity index (χ4n) is 5.35. The lowest BCUT2D eigenvalue weighted by Crippen LogP contribution is -2.33. The molecule has 3 N–H and O–H groups in total. The number of carboxylic acid groups (broad SMARTS) is 1. The van der Waals surface area contributed by atoms with Gasteiger partial charge in [0, 0.05) is 37.3 Å². The first-order valence-electron chi connectivity index (χ1n) is 12.5. The van der Waals surface area contributed by atoms with Gasteiger partial charge in [0.15, 0.2) is 17.1 Å². The Balaban J connectivity index is 1.20. The summed E-state index contributed by atoms with van der Waals surface area (Å²) in [6.07, 6.45) is 6.30. The topological polar surface area (TPSA) is 126 Å². The molecule has 200 valence electrons. The molecule has 12 heteroatoms. The largest absolute Gasteiger partial charge is 0.477 e. The molecule has 0 spiro atoms. The zero-order valence-electron chi connectivity index (χ0n) is 20.7. The maximum atomic E-state index is 14.8. The molecule has 0 radical (unpaired) electrons. The molecule has 3 aromatic rings. The van der Waals surface area contributed by atoms with Crippen LogP contribution < -0.4 is 16.1 Å². The lowest BCUT2D eigenvalue weighted by atomic mass is 9.82. The van der Waals surface area contributed by atoms with Crippen molar-refractivity contribution in [3.63, 3.8) is 0 Å². The zero-order chi connectivity index (χ0) is 27.0. The van der Waals surface area contributed by atoms with E-state index in [1.807, 2.05) is 0 Å². The summed E-state index contributed by atoms with van der Waals surface area (Å²) >= 11 is 1.37. The summed E-state index contributed by atoms with van der Waals surface area (Å²) in [7, 11) is 1.36. The third-order valence-electron chi connectivity index (χ3n) is 7.34. The second kappa shape index (κ2) is 10.8. The van der Waals surface area contributed by atoms with Crippen LogP contribution in [0, 0.1) is 17.6 Å². The van der Waals surface area contributed by atoms with Crippen molar-refractivity contribution in [2.24, 2.45) is 13.0 Å². The molecule has 1 saturated carbocycles. The molecule has 2 aromatic heterocycles. The molecule has 0 bridgehead atoms. The Morgan fingerprint density at radius 3 is 2.71 bits per heavy atom. The van der Waals surface area contributed by atoms with Gasteiger partial charge in [0.25, 0.3) is 0 Å². The number of aromatic carboxylic acids is 1. The number of pyridine rings is 1. The SMILES string of the molecule is Cn1c(C(=O)O)cc(=O)c2c(CCC3CCC(NCc4cnc5c(n4)NC(=O)CS5)CC3)c(F)cc(F)c21. The van der Waals surface area contributed by atoms with Gasteiger partial charge in [-0.2, -0.15) is 0 Å². The van der Waals surface area contributed by atoms with Crippen LogP contribution in [-0.4, -0.2) is 43.3 Å². The van der Waals surface area contributed by atoms with E-state index >= 15 is 0 Å². The number of hydrogen-bond acceptors (Lipinski definition) is 7. The average molecular weight is 544 g/mol. The van der Waals surface area contributed by atoms with E-state index in [9.17, 15) is 28.3 Å². The number of anilines is 1. The van der Waals surface area contributed by atoms with Gasteiger partial charge in [-0.3, -0.25) is 9.59 Å². The van der Waals surface area contributed by atoms with Gasteiger partial charge in [0.1, 0.15) is 16.5 Å². The monoisotopic (exact) mass is 543 g/mol. The molecule has 38 heavy (non-hydrogen) atoms. The molecule has 1 fully saturated rings. The maximum Gasteiger partial charge on any atom is 0.352 e. The minimum Gasteiger partial charge on any atom is -0.477 e. The van der Waals surface area contributed by atoms with Crippen molar-refractivity contribution in [1.29, 1.82) is 0 Å². The van der Waals surface area contributed by atoms with Crippen molar-refractivity contribution in [3.8, 4) is 0 Å². The number of hydrogen-bond donors (Lipinski definition) is 3. The van der Waals surface area contributed by atoms with Gasteiger partial charge < -0.3 is 20.3 Å². The summed E-state index contributed by atoms with van der Waals surface area (Å²) in [5.41, 5.74) is -0.354. The van der Waals surface area contributed by atoms with Crippen LogP contribution >= 0.6 is 11.8 Å². The standard InChI is InChI=1S/C26H27F2N5O4S/c1-33-19(26(36)37)9-20(34)22-16(17(27)8-18(28)23(22)33)7-4-13-2-5-14(6-3-13)29-10-15-11-30-25-24(31-15)32-21(35)12-38-25/h8-9,11,13-14,29H,2-7,10,12H2,1H3,(H,36,37)(H,31,32,35). The summed E-state index contributed by atoms with van der Waals surface area (Å²) in [6.45, 7) is 0.532. The van der Waals surface area contributed by atoms with E-state index < -0.39 is 23.0 Å². The average Bonchev–Trinajstić information content (AvgIpc) is 2.89. The highest BCUT2D eigenvalue weighted by Gasteiger charge is 2.25. The van der Waals surface area contributed by atoms with E-state index in [1.54, 1.807) is 6.20 Å². The van der Waals surface area contributed by atoms with Crippen LogP contribution in [0.15, 0.2) is 28.2 Å². The predicted molar refractivity (Wildman–Crippen MR) is 138 cm³/mol. The predicted octanol–water partition coefficient (Wildman–Crippen LogP) is 3.63. The summed E-state index contributed by atoms with van der Waals surface area (Å²) in [5, 5.41) is 16.2. The van der Waals surface area contributed by atoms with E-state index in [0.717, 1.165) is 53.1 Å². The number of nitrogens with zero attached hydrogens (tertiary/aromatic N) is 3. The maximum absolute atomic E-state index is 14.8. The van der Waals surface area contributed by atoms with E-state index in [1.165, 1.54) is 18.8 Å². The van der Waals surface area contributed by atoms with Crippen LogP contribution in [0.25, 0.3) is 10.9 Å². The number of carbonyl (C=O) groups excluding carboxylic acids is 1. The highest BCUT2D eigenvalue weighted by molar-refractivity contribution is 8.00. The van der Waals surface area contributed by atoms with E-state index in [0.29, 0.717) is 30.5 Å². The molecular weight excluding hydrogens is 516 g/mol. The fourth-order valence-corrected chi connectivity index (χ4v) is 6.05. The molecule has 0 atom stereocenters. The smallest absolute Gasteiger partial charge is 0.352 e. The minimum atomic E-state index is -1.36. The van der Waals surface area contributed by atoms with Crippen molar-refractivity contribution in [2.45, 2.75) is 56.1 Å². The highest BCUT2D eigenvalue weighted by atomic mass is 32.2. The number of amides is 1. The van der Waals surface area contributed by atoms with Crippen molar-refractivity contribution < 1.29 is 23.5 Å². The van der Waals surface area contributed by atoms with Gasteiger partial charge in [-0.05, 0) is 44.4 Å². The van der Waals surface area contributed by atoms with Crippen LogP contribution in [-0.2, 0) is 24.8 Å². The van der Waals surface area contributed by atoms with Crippen molar-refractivity contribution in [3.05, 3.63) is 57.1 Å². The summed E-state index contributed by atoms with van der Waals surface area (Å²) in [4.78, 5) is 44.6. The molecule has 2 aliphatic rings. The second-order valence-electron chi connectivity index (χ2n) is 9.79. The Bertz CT molecular complexity index is 1490. The highest BCUT2D eigenvalue weighted by Crippen LogP contribution is 2.31. The quantitative estimate of drug-likeness (QED) is 0.413. The number of halogens is 2. The van der Waals surface area contributed by atoms with Gasteiger partial charge >= 0.3 is 5.97 Å². The second-order valence-corrected chi connectivity index (χ2v) is 10.8. The summed E-state index contributed by atoms with van der Waals surface area (Å²) < 4.78 is 30.5. The molecule has 1 aliphatic carbocycles. The fraction of sp³-hybridized carbons (Fsp3) is 0.423. The van der Waals surface area contributed by atoms with Crippen molar-refractivity contribution >= 4 is 40.4 Å². The number of carbonyl (C=O) groups is 2. The number of nitrogens with one attached hydrogen (secondary N) is 2. The molecule has 1 aliphatic heterocycles. The van der Waals surface area contributed by atoms with Gasteiger partial charge in [-0.25, -0.2) is 23.5 Å². The van der Waals surface area contributed by atoms with Crippen LogP contribution in [0.4, 0.5) is 14.6 Å². The molecule has 1 aromatic carbocycles. The van der Waals surface area contributed by atoms with E-state index in [4.69, 9.17) is 0 Å². The lowest BCUT2D eigenvalue weighted by molar-refractivity contribution is -0.113. The third kappa shape index (κ3) is 5.28. The van der Waals surface area contributed by atoms with Crippen LogP contribution in [0.2, 0.25) is 0 Å². The Labute approximate surface area is 221 Å². The molecule has 9 nitrogen and oxygen atoms in total. The number of rotatable bonds is 7. The number of fused-ring (bicyclic) bond motifs is 2. The number of thioether (sulfide) groups is 1. The third-order valence-corrected chi connectivity index (χ3v) is 8.32. The molecule has 1 amide bonds. The van der Waals surface area contributed by atoms with Gasteiger partial charge in [-0.15, -0.1) is 0 Å². The lowest BCUT2D eigenvalue weighted by Gasteiger charge is -2.29. The van der Waals surface area contributed by atoms with Crippen LogP contribution in [0.1, 0.15) is 53.8 Å². The van der Waals surface area contributed by atoms with E-state index in [-0.39, 0.29) is 40.5 Å². The Kier molecular flexibility index (Phi) is 7.44.